The molecular weight excluding hydrogens is 382 g/mol. The Labute approximate surface area is 177 Å². The Bertz CT molecular complexity index is 902. The predicted molar refractivity (Wildman–Crippen MR) is 116 cm³/mol. The smallest absolute Gasteiger partial charge is 0.321 e. The van der Waals surface area contributed by atoms with Gasteiger partial charge in [-0.3, -0.25) is 4.79 Å². The molecule has 0 unspecified atom stereocenters. The predicted octanol–water partition coefficient (Wildman–Crippen LogP) is 3.65. The van der Waals surface area contributed by atoms with E-state index in [1.807, 2.05) is 49.4 Å². The zero-order valence-electron chi connectivity index (χ0n) is 17.7. The number of amides is 3. The van der Waals surface area contributed by atoms with Gasteiger partial charge in [-0.05, 0) is 49.6 Å². The third-order valence-electron chi connectivity index (χ3n) is 5.44. The molecule has 1 fully saturated rings. The number of ether oxygens (including phenoxy) is 2. The van der Waals surface area contributed by atoms with Crippen LogP contribution in [0.4, 0.5) is 10.5 Å². The second-order valence-corrected chi connectivity index (χ2v) is 7.78. The minimum Gasteiger partial charge on any atom is -0.497 e. The van der Waals surface area contributed by atoms with Crippen LogP contribution in [0.25, 0.3) is 0 Å². The highest BCUT2D eigenvalue weighted by molar-refractivity contribution is 5.90. The zero-order chi connectivity index (χ0) is 21.6. The van der Waals surface area contributed by atoms with Crippen LogP contribution in [0.2, 0.25) is 0 Å². The maximum Gasteiger partial charge on any atom is 0.321 e. The summed E-state index contributed by atoms with van der Waals surface area (Å²) < 4.78 is 10.4. The van der Waals surface area contributed by atoms with Crippen molar-refractivity contribution < 1.29 is 19.1 Å². The summed E-state index contributed by atoms with van der Waals surface area (Å²) in [6, 6.07) is 14.6. The van der Waals surface area contributed by atoms with Crippen LogP contribution >= 0.6 is 0 Å². The highest BCUT2D eigenvalue weighted by Gasteiger charge is 2.39. The fraction of sp³-hybridized carbons (Fsp3) is 0.391. The molecule has 2 N–H and O–H groups in total. The number of anilines is 1. The van der Waals surface area contributed by atoms with Crippen molar-refractivity contribution in [2.45, 2.75) is 26.3 Å². The van der Waals surface area contributed by atoms with E-state index in [-0.39, 0.29) is 11.9 Å². The Morgan fingerprint density at radius 3 is 2.50 bits per heavy atom. The summed E-state index contributed by atoms with van der Waals surface area (Å²) in [5, 5.41) is 5.91. The molecule has 1 aliphatic rings. The first-order chi connectivity index (χ1) is 14.4. The summed E-state index contributed by atoms with van der Waals surface area (Å²) >= 11 is 0. The molecule has 1 saturated heterocycles. The van der Waals surface area contributed by atoms with Gasteiger partial charge >= 0.3 is 6.03 Å². The van der Waals surface area contributed by atoms with Crippen LogP contribution in [-0.2, 0) is 11.3 Å². The van der Waals surface area contributed by atoms with Crippen LogP contribution in [0.1, 0.15) is 25.3 Å². The molecule has 1 aliphatic heterocycles. The van der Waals surface area contributed by atoms with Gasteiger partial charge in [-0.15, -0.1) is 0 Å². The summed E-state index contributed by atoms with van der Waals surface area (Å²) in [7, 11) is 3.20. The van der Waals surface area contributed by atoms with E-state index in [0.29, 0.717) is 31.1 Å². The van der Waals surface area contributed by atoms with E-state index in [1.54, 1.807) is 25.2 Å². The van der Waals surface area contributed by atoms with E-state index in [0.717, 1.165) is 24.2 Å². The number of urea groups is 1. The molecule has 7 heteroatoms. The number of benzene rings is 2. The summed E-state index contributed by atoms with van der Waals surface area (Å²) in [6.45, 7) is 3.32. The average molecular weight is 412 g/mol. The lowest BCUT2D eigenvalue weighted by Crippen LogP contribution is -2.52. The maximum absolute atomic E-state index is 12.9. The van der Waals surface area contributed by atoms with E-state index >= 15 is 0 Å². The van der Waals surface area contributed by atoms with Gasteiger partial charge in [0.15, 0.2) is 0 Å². The molecule has 0 aromatic heterocycles. The third kappa shape index (κ3) is 5.23. The van der Waals surface area contributed by atoms with Gasteiger partial charge in [-0.1, -0.05) is 18.2 Å². The number of hydrogen-bond acceptors (Lipinski definition) is 4. The number of carbonyl (C=O) groups excluding carboxylic acids is 2. The van der Waals surface area contributed by atoms with Gasteiger partial charge in [0.25, 0.3) is 0 Å². The lowest BCUT2D eigenvalue weighted by atomic mass is 9.81. The van der Waals surface area contributed by atoms with Crippen LogP contribution in [0.5, 0.6) is 11.5 Å². The highest BCUT2D eigenvalue weighted by Crippen LogP contribution is 2.30. The van der Waals surface area contributed by atoms with Crippen molar-refractivity contribution in [2.75, 3.05) is 32.6 Å². The zero-order valence-corrected chi connectivity index (χ0v) is 17.7. The largest absolute Gasteiger partial charge is 0.497 e. The first-order valence-corrected chi connectivity index (χ1v) is 10.0. The molecule has 0 saturated carbocycles. The van der Waals surface area contributed by atoms with Gasteiger partial charge in [0, 0.05) is 31.4 Å². The number of carbonyl (C=O) groups is 2. The van der Waals surface area contributed by atoms with Gasteiger partial charge < -0.3 is 25.0 Å². The highest BCUT2D eigenvalue weighted by atomic mass is 16.5. The van der Waals surface area contributed by atoms with Gasteiger partial charge in [0.2, 0.25) is 5.91 Å². The standard InChI is InChI=1S/C23H29N3O4/c1-23(21(27)24-15-17-7-4-9-19(13-17)29-2)11-6-12-26(16-23)22(28)25-18-8-5-10-20(14-18)30-3/h4-5,7-10,13-14H,6,11-12,15-16H2,1-3H3,(H,24,27)(H,25,28)/t23-/m0/s1. The molecule has 160 valence electrons. The van der Waals surface area contributed by atoms with Crippen LogP contribution in [-0.4, -0.2) is 44.1 Å². The van der Waals surface area contributed by atoms with Gasteiger partial charge in [-0.2, -0.15) is 0 Å². The molecule has 2 aromatic rings. The minimum absolute atomic E-state index is 0.0517. The molecule has 2 aromatic carbocycles. The number of rotatable bonds is 6. The first kappa shape index (κ1) is 21.5. The Morgan fingerprint density at radius 2 is 1.77 bits per heavy atom. The quantitative estimate of drug-likeness (QED) is 0.760. The number of hydrogen-bond donors (Lipinski definition) is 2. The van der Waals surface area contributed by atoms with Crippen molar-refractivity contribution in [3.63, 3.8) is 0 Å². The number of likely N-dealkylation sites (tertiary alicyclic amines) is 1. The molecule has 0 radical (unpaired) electrons. The van der Waals surface area contributed by atoms with E-state index in [4.69, 9.17) is 9.47 Å². The molecule has 0 bridgehead atoms. The molecule has 0 aliphatic carbocycles. The molecule has 3 rings (SSSR count). The summed E-state index contributed by atoms with van der Waals surface area (Å²) in [6.07, 6.45) is 1.51. The topological polar surface area (TPSA) is 79.9 Å². The second kappa shape index (κ2) is 9.52. The lowest BCUT2D eigenvalue weighted by Gasteiger charge is -2.39. The van der Waals surface area contributed by atoms with Crippen LogP contribution in [0.15, 0.2) is 48.5 Å². The summed E-state index contributed by atoms with van der Waals surface area (Å²) in [4.78, 5) is 27.4. The fourth-order valence-corrected chi connectivity index (χ4v) is 3.68. The Balaban J connectivity index is 1.59. The molecule has 1 atom stereocenters. The van der Waals surface area contributed by atoms with E-state index < -0.39 is 5.41 Å². The molecule has 0 spiro atoms. The molecule has 3 amide bonds. The van der Waals surface area contributed by atoms with Gasteiger partial charge in [0.1, 0.15) is 11.5 Å². The summed E-state index contributed by atoms with van der Waals surface area (Å²) in [5.41, 5.74) is 0.992. The van der Waals surface area contributed by atoms with E-state index in [2.05, 4.69) is 10.6 Å². The molecule has 7 nitrogen and oxygen atoms in total. The number of nitrogens with one attached hydrogen (secondary N) is 2. The summed E-state index contributed by atoms with van der Waals surface area (Å²) in [5.74, 6) is 1.38. The second-order valence-electron chi connectivity index (χ2n) is 7.78. The Hall–Kier alpha value is -3.22. The lowest BCUT2D eigenvalue weighted by molar-refractivity contribution is -0.132. The van der Waals surface area contributed by atoms with E-state index in [1.165, 1.54) is 0 Å². The van der Waals surface area contributed by atoms with Crippen molar-refractivity contribution in [1.29, 1.82) is 0 Å². The van der Waals surface area contributed by atoms with Crippen molar-refractivity contribution in [3.05, 3.63) is 54.1 Å². The van der Waals surface area contributed by atoms with Crippen molar-refractivity contribution in [3.8, 4) is 11.5 Å². The van der Waals surface area contributed by atoms with Crippen molar-refractivity contribution in [2.24, 2.45) is 5.41 Å². The Morgan fingerprint density at radius 1 is 1.07 bits per heavy atom. The maximum atomic E-state index is 12.9. The van der Waals surface area contributed by atoms with Crippen molar-refractivity contribution in [1.82, 2.24) is 10.2 Å². The SMILES string of the molecule is COc1cccc(CNC(=O)[C@@]2(C)CCCN(C(=O)Nc3cccc(OC)c3)C2)c1. The average Bonchev–Trinajstić information content (AvgIpc) is 2.77. The minimum atomic E-state index is -0.636. The monoisotopic (exact) mass is 411 g/mol. The molecule has 30 heavy (non-hydrogen) atoms. The molecular formula is C23H29N3O4. The first-order valence-electron chi connectivity index (χ1n) is 10.0. The Kier molecular flexibility index (Phi) is 6.82. The van der Waals surface area contributed by atoms with Gasteiger partial charge in [0.05, 0.1) is 19.6 Å². The van der Waals surface area contributed by atoms with Crippen LogP contribution in [0, 0.1) is 5.41 Å². The van der Waals surface area contributed by atoms with Crippen LogP contribution < -0.4 is 20.1 Å². The third-order valence-corrected chi connectivity index (χ3v) is 5.44. The van der Waals surface area contributed by atoms with Crippen LogP contribution in [0.3, 0.4) is 0 Å². The fourth-order valence-electron chi connectivity index (χ4n) is 3.68. The number of nitrogens with zero attached hydrogens (tertiary/aromatic N) is 1. The molecule has 1 heterocycles. The number of methoxy groups -OCH3 is 2. The van der Waals surface area contributed by atoms with Crippen molar-refractivity contribution >= 4 is 17.6 Å². The number of piperidine rings is 1. The van der Waals surface area contributed by atoms with E-state index in [9.17, 15) is 9.59 Å². The van der Waals surface area contributed by atoms with Gasteiger partial charge in [-0.25, -0.2) is 4.79 Å². The normalized spacial score (nSPS) is 18.4.